The molecule has 0 aliphatic heterocycles. The lowest BCUT2D eigenvalue weighted by Gasteiger charge is -2.05. The third kappa shape index (κ3) is 2.51. The Morgan fingerprint density at radius 3 is 2.37 bits per heavy atom. The number of aromatic nitrogens is 1. The number of hydrogen-bond acceptors (Lipinski definition) is 2. The van der Waals surface area contributed by atoms with Gasteiger partial charge in [0, 0.05) is 22.5 Å². The fourth-order valence-electron chi connectivity index (χ4n) is 3.55. The lowest BCUT2D eigenvalue weighted by molar-refractivity contribution is 0.622. The first-order valence-electron chi connectivity index (χ1n) is 8.84. The Bertz CT molecular complexity index is 1270. The maximum atomic E-state index is 14.8. The standard InChI is InChI=1S/C24H16FNO/c1-15-8-10-16(11-9-15)22-20(25)13-12-18-17-5-4-6-19(23(17)27-24(18)22)21-7-2-3-14-26-21/h2-14H,1H3. The second-order valence-corrected chi connectivity index (χ2v) is 6.66. The highest BCUT2D eigenvalue weighted by molar-refractivity contribution is 6.12. The van der Waals surface area contributed by atoms with E-state index in [1.54, 1.807) is 12.3 Å². The normalized spacial score (nSPS) is 11.3. The van der Waals surface area contributed by atoms with Crippen LogP contribution in [0.4, 0.5) is 4.39 Å². The molecule has 3 aromatic carbocycles. The Morgan fingerprint density at radius 2 is 1.59 bits per heavy atom. The van der Waals surface area contributed by atoms with Gasteiger partial charge in [-0.2, -0.15) is 0 Å². The van der Waals surface area contributed by atoms with Crippen LogP contribution >= 0.6 is 0 Å². The molecule has 0 fully saturated rings. The third-order valence-corrected chi connectivity index (χ3v) is 4.90. The molecule has 0 amide bonds. The van der Waals surface area contributed by atoms with E-state index in [0.29, 0.717) is 11.1 Å². The maximum absolute atomic E-state index is 14.8. The van der Waals surface area contributed by atoms with Crippen molar-refractivity contribution in [1.29, 1.82) is 0 Å². The van der Waals surface area contributed by atoms with Crippen molar-refractivity contribution in [3.63, 3.8) is 0 Å². The van der Waals surface area contributed by atoms with Crippen molar-refractivity contribution in [3.05, 3.63) is 90.4 Å². The van der Waals surface area contributed by atoms with E-state index >= 15 is 0 Å². The van der Waals surface area contributed by atoms with Crippen LogP contribution in [0.15, 0.2) is 83.4 Å². The molecule has 0 unspecified atom stereocenters. The van der Waals surface area contributed by atoms with E-state index in [9.17, 15) is 4.39 Å². The average Bonchev–Trinajstić information content (AvgIpc) is 3.08. The summed E-state index contributed by atoms with van der Waals surface area (Å²) in [5.41, 5.74) is 5.47. The smallest absolute Gasteiger partial charge is 0.146 e. The van der Waals surface area contributed by atoms with Gasteiger partial charge in [0.2, 0.25) is 0 Å². The molecule has 0 spiro atoms. The molecule has 130 valence electrons. The summed E-state index contributed by atoms with van der Waals surface area (Å²) in [7, 11) is 0. The number of para-hydroxylation sites is 1. The minimum Gasteiger partial charge on any atom is -0.455 e. The number of halogens is 1. The first-order valence-corrected chi connectivity index (χ1v) is 8.84. The Kier molecular flexibility index (Phi) is 3.54. The van der Waals surface area contributed by atoms with Gasteiger partial charge in [-0.15, -0.1) is 0 Å². The maximum Gasteiger partial charge on any atom is 0.146 e. The first kappa shape index (κ1) is 15.8. The molecule has 5 aromatic rings. The van der Waals surface area contributed by atoms with Crippen molar-refractivity contribution < 1.29 is 8.81 Å². The molecule has 0 aliphatic carbocycles. The number of nitrogens with zero attached hydrogens (tertiary/aromatic N) is 1. The van der Waals surface area contributed by atoms with Crippen LogP contribution in [-0.4, -0.2) is 4.98 Å². The molecule has 2 heterocycles. The quantitative estimate of drug-likeness (QED) is 0.350. The SMILES string of the molecule is Cc1ccc(-c2c(F)ccc3c2oc2c(-c4ccccn4)cccc23)cc1. The Morgan fingerprint density at radius 1 is 0.778 bits per heavy atom. The average molecular weight is 353 g/mol. The second kappa shape index (κ2) is 6.06. The largest absolute Gasteiger partial charge is 0.455 e. The van der Waals surface area contributed by atoms with Crippen LogP contribution in [-0.2, 0) is 0 Å². The molecule has 5 rings (SSSR count). The molecule has 0 saturated carbocycles. The van der Waals surface area contributed by atoms with Crippen molar-refractivity contribution in [2.75, 3.05) is 0 Å². The number of fused-ring (bicyclic) bond motifs is 3. The van der Waals surface area contributed by atoms with E-state index in [-0.39, 0.29) is 5.82 Å². The van der Waals surface area contributed by atoms with Gasteiger partial charge in [-0.25, -0.2) is 4.39 Å². The Hall–Kier alpha value is -3.46. The van der Waals surface area contributed by atoms with E-state index in [1.165, 1.54) is 6.07 Å². The van der Waals surface area contributed by atoms with E-state index < -0.39 is 0 Å². The predicted molar refractivity (Wildman–Crippen MR) is 107 cm³/mol. The molecule has 2 nitrogen and oxygen atoms in total. The molecule has 27 heavy (non-hydrogen) atoms. The zero-order valence-corrected chi connectivity index (χ0v) is 14.7. The summed E-state index contributed by atoms with van der Waals surface area (Å²) in [6.07, 6.45) is 1.76. The molecule has 0 aliphatic rings. The van der Waals surface area contributed by atoms with Crippen molar-refractivity contribution in [2.45, 2.75) is 6.92 Å². The van der Waals surface area contributed by atoms with Crippen LogP contribution < -0.4 is 0 Å². The summed E-state index contributed by atoms with van der Waals surface area (Å²) in [4.78, 5) is 4.44. The van der Waals surface area contributed by atoms with Crippen molar-refractivity contribution in [2.24, 2.45) is 0 Å². The molecule has 3 heteroatoms. The highest BCUT2D eigenvalue weighted by Gasteiger charge is 2.18. The molecular weight excluding hydrogens is 337 g/mol. The topological polar surface area (TPSA) is 26.0 Å². The molecule has 0 N–H and O–H groups in total. The van der Waals surface area contributed by atoms with Gasteiger partial charge in [0.1, 0.15) is 17.0 Å². The predicted octanol–water partition coefficient (Wildman–Crippen LogP) is 6.76. The zero-order valence-electron chi connectivity index (χ0n) is 14.7. The van der Waals surface area contributed by atoms with Gasteiger partial charge in [0.15, 0.2) is 0 Å². The number of benzene rings is 3. The summed E-state index contributed by atoms with van der Waals surface area (Å²) in [6, 6.07) is 22.9. The number of rotatable bonds is 2. The van der Waals surface area contributed by atoms with Gasteiger partial charge in [-0.3, -0.25) is 4.98 Å². The molecule has 0 atom stereocenters. The molecule has 0 bridgehead atoms. The fraction of sp³-hybridized carbons (Fsp3) is 0.0417. The van der Waals surface area contributed by atoms with Crippen LogP contribution in [0.1, 0.15) is 5.56 Å². The number of aryl methyl sites for hydroxylation is 1. The summed E-state index contributed by atoms with van der Waals surface area (Å²) in [5.74, 6) is -0.287. The number of pyridine rings is 1. The minimum atomic E-state index is -0.287. The summed E-state index contributed by atoms with van der Waals surface area (Å²) >= 11 is 0. The van der Waals surface area contributed by atoms with E-state index in [4.69, 9.17) is 4.42 Å². The Labute approximate surface area is 155 Å². The minimum absolute atomic E-state index is 0.287. The highest BCUT2D eigenvalue weighted by Crippen LogP contribution is 2.40. The third-order valence-electron chi connectivity index (χ3n) is 4.90. The van der Waals surface area contributed by atoms with Gasteiger partial charge in [-0.1, -0.05) is 48.0 Å². The summed E-state index contributed by atoms with van der Waals surface area (Å²) < 4.78 is 21.0. The molecule has 0 saturated heterocycles. The molecule has 0 radical (unpaired) electrons. The monoisotopic (exact) mass is 353 g/mol. The summed E-state index contributed by atoms with van der Waals surface area (Å²) in [5, 5.41) is 1.86. The van der Waals surface area contributed by atoms with E-state index in [0.717, 1.165) is 38.7 Å². The van der Waals surface area contributed by atoms with E-state index in [2.05, 4.69) is 4.98 Å². The van der Waals surface area contributed by atoms with Gasteiger partial charge >= 0.3 is 0 Å². The lowest BCUT2D eigenvalue weighted by atomic mass is 10.00. The van der Waals surface area contributed by atoms with Gasteiger partial charge in [0.05, 0.1) is 11.3 Å². The zero-order chi connectivity index (χ0) is 18.4. The van der Waals surface area contributed by atoms with Crippen molar-refractivity contribution in [3.8, 4) is 22.4 Å². The highest BCUT2D eigenvalue weighted by atomic mass is 19.1. The first-order chi connectivity index (χ1) is 13.2. The lowest BCUT2D eigenvalue weighted by Crippen LogP contribution is -1.85. The molecular formula is C24H16FNO. The van der Waals surface area contributed by atoms with Gasteiger partial charge in [0.25, 0.3) is 0 Å². The van der Waals surface area contributed by atoms with Crippen LogP contribution in [0.25, 0.3) is 44.3 Å². The van der Waals surface area contributed by atoms with Crippen LogP contribution in [0.2, 0.25) is 0 Å². The van der Waals surface area contributed by atoms with Gasteiger partial charge < -0.3 is 4.42 Å². The van der Waals surface area contributed by atoms with E-state index in [1.807, 2.05) is 67.6 Å². The fourth-order valence-corrected chi connectivity index (χ4v) is 3.55. The van der Waals surface area contributed by atoms with Crippen LogP contribution in [0.5, 0.6) is 0 Å². The molecule has 2 aromatic heterocycles. The second-order valence-electron chi connectivity index (χ2n) is 6.66. The number of hydrogen-bond donors (Lipinski definition) is 0. The number of furan rings is 1. The van der Waals surface area contributed by atoms with Crippen LogP contribution in [0, 0.1) is 12.7 Å². The van der Waals surface area contributed by atoms with Gasteiger partial charge in [-0.05, 0) is 42.8 Å². The van der Waals surface area contributed by atoms with Crippen molar-refractivity contribution >= 4 is 21.9 Å². The van der Waals surface area contributed by atoms with Crippen molar-refractivity contribution in [1.82, 2.24) is 4.98 Å². The summed E-state index contributed by atoms with van der Waals surface area (Å²) in [6.45, 7) is 2.01. The van der Waals surface area contributed by atoms with Crippen LogP contribution in [0.3, 0.4) is 0 Å². The Balaban J connectivity index is 1.86.